The molecule has 8 nitrogen and oxygen atoms in total. The van der Waals surface area contributed by atoms with Crippen LogP contribution < -0.4 is 20.5 Å². The number of para-hydroxylation sites is 2. The smallest absolute Gasteiger partial charge is 0.257 e. The van der Waals surface area contributed by atoms with Crippen LogP contribution in [0.25, 0.3) is 22.2 Å². The van der Waals surface area contributed by atoms with Crippen LogP contribution in [-0.2, 0) is 19.4 Å². The summed E-state index contributed by atoms with van der Waals surface area (Å²) in [5, 5.41) is 3.01. The van der Waals surface area contributed by atoms with Crippen molar-refractivity contribution in [3.63, 3.8) is 0 Å². The Balaban J connectivity index is 1.47. The van der Waals surface area contributed by atoms with Gasteiger partial charge in [-0.05, 0) is 48.2 Å². The number of amides is 1. The lowest BCUT2D eigenvalue weighted by Gasteiger charge is -2.11. The molecule has 37 heavy (non-hydrogen) atoms. The Morgan fingerprint density at radius 3 is 2.30 bits per heavy atom. The van der Waals surface area contributed by atoms with Gasteiger partial charge in [-0.3, -0.25) is 4.79 Å². The van der Waals surface area contributed by atoms with Gasteiger partial charge in [-0.25, -0.2) is 9.97 Å². The molecule has 0 saturated heterocycles. The topological polar surface area (TPSA) is 104 Å². The van der Waals surface area contributed by atoms with Crippen molar-refractivity contribution in [2.45, 2.75) is 19.4 Å². The summed E-state index contributed by atoms with van der Waals surface area (Å²) >= 11 is 0. The lowest BCUT2D eigenvalue weighted by atomic mass is 10.1. The van der Waals surface area contributed by atoms with Gasteiger partial charge in [0.2, 0.25) is 0 Å². The van der Waals surface area contributed by atoms with E-state index in [2.05, 4.69) is 5.32 Å². The van der Waals surface area contributed by atoms with E-state index < -0.39 is 0 Å². The van der Waals surface area contributed by atoms with E-state index in [-0.39, 0.29) is 5.91 Å². The van der Waals surface area contributed by atoms with Gasteiger partial charge in [0.25, 0.3) is 5.91 Å². The van der Waals surface area contributed by atoms with Crippen molar-refractivity contribution in [2.24, 2.45) is 0 Å². The summed E-state index contributed by atoms with van der Waals surface area (Å²) in [5.41, 5.74) is 11.7. The van der Waals surface area contributed by atoms with Crippen LogP contribution in [0.5, 0.6) is 11.5 Å². The summed E-state index contributed by atoms with van der Waals surface area (Å²) in [5.74, 6) is 1.43. The zero-order chi connectivity index (χ0) is 25.8. The molecule has 0 spiro atoms. The normalized spacial score (nSPS) is 11.1. The molecule has 0 radical (unpaired) electrons. The van der Waals surface area contributed by atoms with Crippen LogP contribution >= 0.6 is 0 Å². The van der Waals surface area contributed by atoms with Crippen molar-refractivity contribution in [3.05, 3.63) is 89.5 Å². The molecule has 0 unspecified atom stereocenters. The third kappa shape index (κ3) is 4.91. The predicted octanol–water partition coefficient (Wildman–Crippen LogP) is 4.40. The SMILES string of the molecule is COc1ccc(CCn2c(N)c(C(=O)NCCc3ccccc3)c3nc4ccccc4nc32)cc1OC. The van der Waals surface area contributed by atoms with Gasteiger partial charge in [0.1, 0.15) is 16.9 Å². The largest absolute Gasteiger partial charge is 0.493 e. The fourth-order valence-corrected chi connectivity index (χ4v) is 4.50. The molecule has 0 saturated carbocycles. The quantitative estimate of drug-likeness (QED) is 0.314. The number of anilines is 1. The van der Waals surface area contributed by atoms with Crippen molar-refractivity contribution in [1.29, 1.82) is 0 Å². The van der Waals surface area contributed by atoms with E-state index in [0.29, 0.717) is 59.1 Å². The van der Waals surface area contributed by atoms with Crippen LogP contribution in [0.4, 0.5) is 5.82 Å². The molecule has 0 atom stereocenters. The molecule has 1 amide bonds. The lowest BCUT2D eigenvalue weighted by Crippen LogP contribution is -2.26. The average molecular weight is 496 g/mol. The number of hydrogen-bond donors (Lipinski definition) is 2. The number of carbonyl (C=O) groups excluding carboxylic acids is 1. The molecule has 2 aromatic heterocycles. The first-order valence-corrected chi connectivity index (χ1v) is 12.2. The number of aromatic nitrogens is 3. The first kappa shape index (κ1) is 24.1. The number of nitrogens with zero attached hydrogens (tertiary/aromatic N) is 3. The van der Waals surface area contributed by atoms with E-state index in [1.165, 1.54) is 0 Å². The highest BCUT2D eigenvalue weighted by molar-refractivity contribution is 6.10. The van der Waals surface area contributed by atoms with Gasteiger partial charge in [-0.2, -0.15) is 0 Å². The minimum absolute atomic E-state index is 0.257. The Morgan fingerprint density at radius 1 is 0.865 bits per heavy atom. The van der Waals surface area contributed by atoms with Crippen molar-refractivity contribution in [1.82, 2.24) is 19.9 Å². The van der Waals surface area contributed by atoms with Crippen LogP contribution in [0.3, 0.4) is 0 Å². The van der Waals surface area contributed by atoms with E-state index in [1.807, 2.05) is 77.4 Å². The van der Waals surface area contributed by atoms with Crippen molar-refractivity contribution in [3.8, 4) is 11.5 Å². The van der Waals surface area contributed by atoms with Gasteiger partial charge < -0.3 is 25.1 Å². The van der Waals surface area contributed by atoms with Gasteiger partial charge in [0, 0.05) is 13.1 Å². The molecular weight excluding hydrogens is 466 g/mol. The number of nitrogen functional groups attached to an aromatic ring is 1. The summed E-state index contributed by atoms with van der Waals surface area (Å²) in [7, 11) is 3.22. The molecular formula is C29H29N5O3. The van der Waals surface area contributed by atoms with E-state index in [0.717, 1.165) is 23.1 Å². The molecule has 188 valence electrons. The average Bonchev–Trinajstić information content (AvgIpc) is 3.20. The number of methoxy groups -OCH3 is 2. The maximum atomic E-state index is 13.3. The lowest BCUT2D eigenvalue weighted by molar-refractivity contribution is 0.0956. The summed E-state index contributed by atoms with van der Waals surface area (Å²) in [6.07, 6.45) is 1.37. The number of nitrogens with one attached hydrogen (secondary N) is 1. The molecule has 0 aliphatic carbocycles. The second-order valence-electron chi connectivity index (χ2n) is 8.73. The highest BCUT2D eigenvalue weighted by atomic mass is 16.5. The fraction of sp³-hybridized carbons (Fsp3) is 0.207. The first-order valence-electron chi connectivity index (χ1n) is 12.2. The molecule has 8 heteroatoms. The maximum absolute atomic E-state index is 13.3. The third-order valence-corrected chi connectivity index (χ3v) is 6.43. The molecule has 5 aromatic rings. The molecule has 0 fully saturated rings. The molecule has 5 rings (SSSR count). The number of aryl methyl sites for hydroxylation is 2. The van der Waals surface area contributed by atoms with Crippen LogP contribution in [0.15, 0.2) is 72.8 Å². The number of nitrogens with two attached hydrogens (primary N) is 1. The van der Waals surface area contributed by atoms with Gasteiger partial charge in [-0.1, -0.05) is 48.5 Å². The van der Waals surface area contributed by atoms with E-state index >= 15 is 0 Å². The highest BCUT2D eigenvalue weighted by Gasteiger charge is 2.24. The zero-order valence-electron chi connectivity index (χ0n) is 20.9. The van der Waals surface area contributed by atoms with E-state index in [9.17, 15) is 4.79 Å². The Hall–Kier alpha value is -4.59. The number of fused-ring (bicyclic) bond motifs is 2. The summed E-state index contributed by atoms with van der Waals surface area (Å²) in [6, 6.07) is 23.5. The Morgan fingerprint density at radius 2 is 1.57 bits per heavy atom. The van der Waals surface area contributed by atoms with Crippen molar-refractivity contribution in [2.75, 3.05) is 26.5 Å². The maximum Gasteiger partial charge on any atom is 0.257 e. The zero-order valence-corrected chi connectivity index (χ0v) is 20.9. The fourth-order valence-electron chi connectivity index (χ4n) is 4.50. The van der Waals surface area contributed by atoms with Crippen LogP contribution in [0, 0.1) is 0 Å². The standard InChI is InChI=1S/C29H29N5O3/c1-36-23-13-12-20(18-24(23)37-2)15-17-34-27(30)25(29(35)31-16-14-19-8-4-3-5-9-19)26-28(34)33-22-11-7-6-10-21(22)32-26/h3-13,18H,14-17,30H2,1-2H3,(H,31,35). The van der Waals surface area contributed by atoms with Crippen LogP contribution in [-0.4, -0.2) is 41.2 Å². The van der Waals surface area contributed by atoms with Gasteiger partial charge in [0.15, 0.2) is 17.1 Å². The first-order chi connectivity index (χ1) is 18.1. The van der Waals surface area contributed by atoms with Gasteiger partial charge in [-0.15, -0.1) is 0 Å². The second-order valence-corrected chi connectivity index (χ2v) is 8.73. The van der Waals surface area contributed by atoms with Crippen LogP contribution in [0.1, 0.15) is 21.5 Å². The number of rotatable bonds is 9. The Kier molecular flexibility index (Phi) is 6.89. The van der Waals surface area contributed by atoms with Gasteiger partial charge >= 0.3 is 0 Å². The minimum Gasteiger partial charge on any atom is -0.493 e. The number of hydrogen-bond acceptors (Lipinski definition) is 6. The number of carbonyl (C=O) groups is 1. The molecule has 3 aromatic carbocycles. The Labute approximate surface area is 215 Å². The summed E-state index contributed by atoms with van der Waals surface area (Å²) in [4.78, 5) is 23.0. The Bertz CT molecular complexity index is 1560. The van der Waals surface area contributed by atoms with Crippen molar-refractivity contribution >= 4 is 33.9 Å². The van der Waals surface area contributed by atoms with E-state index in [1.54, 1.807) is 14.2 Å². The van der Waals surface area contributed by atoms with Gasteiger partial charge in [0.05, 0.1) is 25.3 Å². The highest BCUT2D eigenvalue weighted by Crippen LogP contribution is 2.30. The summed E-state index contributed by atoms with van der Waals surface area (Å²) < 4.78 is 12.7. The van der Waals surface area contributed by atoms with Crippen molar-refractivity contribution < 1.29 is 14.3 Å². The molecule has 0 bridgehead atoms. The minimum atomic E-state index is -0.257. The third-order valence-electron chi connectivity index (χ3n) is 6.43. The molecule has 2 heterocycles. The molecule has 3 N–H and O–H groups in total. The monoisotopic (exact) mass is 495 g/mol. The number of benzene rings is 3. The predicted molar refractivity (Wildman–Crippen MR) is 145 cm³/mol. The van der Waals surface area contributed by atoms with E-state index in [4.69, 9.17) is 25.2 Å². The number of ether oxygens (including phenoxy) is 2. The molecule has 0 aliphatic heterocycles. The molecule has 0 aliphatic rings. The summed E-state index contributed by atoms with van der Waals surface area (Å²) in [6.45, 7) is 1.00. The second kappa shape index (κ2) is 10.6. The van der Waals surface area contributed by atoms with Crippen LogP contribution in [0.2, 0.25) is 0 Å².